The van der Waals surface area contributed by atoms with Gasteiger partial charge in [-0.2, -0.15) is 0 Å². The van der Waals surface area contributed by atoms with Gasteiger partial charge in [0.2, 0.25) is 0 Å². The first-order valence-electron chi connectivity index (χ1n) is 9.42. The summed E-state index contributed by atoms with van der Waals surface area (Å²) >= 11 is 0. The Morgan fingerprint density at radius 2 is 2.21 bits per heavy atom. The number of esters is 1. The van der Waals surface area contributed by atoms with E-state index in [4.69, 9.17) is 0 Å². The number of aliphatic hydroxyl groups excluding tert-OH is 1. The molecule has 2 fully saturated rings. The minimum absolute atomic E-state index is 0.310. The van der Waals surface area contributed by atoms with Crippen LogP contribution in [0.25, 0.3) is 0 Å². The molecular weight excluding hydrogens is 300 g/mol. The average Bonchev–Trinajstić information content (AvgIpc) is 2.90. The molecule has 0 aromatic carbocycles. The predicted octanol–water partition coefficient (Wildman–Crippen LogP) is 4.66. The molecule has 2 rings (SSSR count). The monoisotopic (exact) mass is 334 g/mol. The summed E-state index contributed by atoms with van der Waals surface area (Å²) in [5.41, 5.74) is 2.39. The molecule has 136 valence electrons. The zero-order valence-electron chi connectivity index (χ0n) is 15.8. The molecule has 0 saturated heterocycles. The van der Waals surface area contributed by atoms with Gasteiger partial charge in [0.25, 0.3) is 0 Å². The van der Waals surface area contributed by atoms with Crippen LogP contribution in [0.1, 0.15) is 65.7 Å². The van der Waals surface area contributed by atoms with Crippen molar-refractivity contribution < 1.29 is 14.6 Å². The summed E-state index contributed by atoms with van der Waals surface area (Å²) in [6, 6.07) is 0. The van der Waals surface area contributed by atoms with E-state index in [1.807, 2.05) is 0 Å². The lowest BCUT2D eigenvalue weighted by molar-refractivity contribution is -0.136. The molecule has 2 unspecified atom stereocenters. The molecule has 0 heterocycles. The highest BCUT2D eigenvalue weighted by Crippen LogP contribution is 2.59. The summed E-state index contributed by atoms with van der Waals surface area (Å²) in [4.78, 5) is 11.5. The van der Waals surface area contributed by atoms with Crippen molar-refractivity contribution in [2.45, 2.75) is 71.8 Å². The summed E-state index contributed by atoms with van der Waals surface area (Å²) < 4.78 is 4.67. The van der Waals surface area contributed by atoms with Crippen molar-refractivity contribution in [3.63, 3.8) is 0 Å². The number of hydrogen-bond acceptors (Lipinski definition) is 3. The van der Waals surface area contributed by atoms with Gasteiger partial charge in [-0.1, -0.05) is 32.1 Å². The van der Waals surface area contributed by atoms with Gasteiger partial charge in [0, 0.05) is 12.0 Å². The fourth-order valence-corrected chi connectivity index (χ4v) is 5.55. The van der Waals surface area contributed by atoms with Crippen molar-refractivity contribution >= 4 is 5.97 Å². The van der Waals surface area contributed by atoms with E-state index in [0.29, 0.717) is 29.2 Å². The molecule has 3 nitrogen and oxygen atoms in total. The quantitative estimate of drug-likeness (QED) is 0.437. The van der Waals surface area contributed by atoms with Gasteiger partial charge in [-0.05, 0) is 68.6 Å². The average molecular weight is 335 g/mol. The van der Waals surface area contributed by atoms with E-state index in [9.17, 15) is 9.90 Å². The van der Waals surface area contributed by atoms with E-state index in [0.717, 1.165) is 12.3 Å². The highest BCUT2D eigenvalue weighted by molar-refractivity contribution is 5.87. The fraction of sp³-hybridized carbons (Fsp3) is 0.762. The van der Waals surface area contributed by atoms with Gasteiger partial charge in [0.1, 0.15) is 0 Å². The van der Waals surface area contributed by atoms with Crippen LogP contribution in [0.3, 0.4) is 0 Å². The minimum atomic E-state index is -0.515. The van der Waals surface area contributed by atoms with E-state index in [1.165, 1.54) is 39.2 Å². The van der Waals surface area contributed by atoms with Crippen LogP contribution in [-0.4, -0.2) is 24.3 Å². The van der Waals surface area contributed by atoms with Gasteiger partial charge < -0.3 is 9.84 Å². The number of carbonyl (C=O) groups excluding carboxylic acids is 1. The number of fused-ring (bicyclic) bond motifs is 1. The summed E-state index contributed by atoms with van der Waals surface area (Å²) in [5.74, 6) is 1.42. The Morgan fingerprint density at radius 1 is 1.50 bits per heavy atom. The molecular formula is C21H34O3. The highest BCUT2D eigenvalue weighted by Gasteiger charge is 2.50. The van der Waals surface area contributed by atoms with Gasteiger partial charge in [-0.25, -0.2) is 4.79 Å². The van der Waals surface area contributed by atoms with Crippen LogP contribution in [0, 0.1) is 23.2 Å². The number of ether oxygens (including phenoxy) is 1. The summed E-state index contributed by atoms with van der Waals surface area (Å²) in [7, 11) is 1.35. The maximum Gasteiger partial charge on any atom is 0.333 e. The molecule has 0 bridgehead atoms. The number of aliphatic hydroxyl groups is 1. The molecule has 2 aliphatic rings. The normalized spacial score (nSPS) is 33.8. The number of methoxy groups -OCH3 is 1. The Morgan fingerprint density at radius 3 is 2.83 bits per heavy atom. The van der Waals surface area contributed by atoms with Gasteiger partial charge in [0.05, 0.1) is 13.2 Å². The van der Waals surface area contributed by atoms with E-state index in [1.54, 1.807) is 5.57 Å². The molecule has 5 atom stereocenters. The van der Waals surface area contributed by atoms with Gasteiger partial charge in [0.15, 0.2) is 0 Å². The Hall–Kier alpha value is -1.09. The smallest absolute Gasteiger partial charge is 0.333 e. The van der Waals surface area contributed by atoms with E-state index >= 15 is 0 Å². The van der Waals surface area contributed by atoms with Crippen LogP contribution < -0.4 is 0 Å². The first-order valence-corrected chi connectivity index (χ1v) is 9.42. The van der Waals surface area contributed by atoms with Crippen LogP contribution in [-0.2, 0) is 9.53 Å². The molecule has 1 N–H and O–H groups in total. The van der Waals surface area contributed by atoms with Crippen molar-refractivity contribution in [3.8, 4) is 0 Å². The standard InChI is InChI=1S/C21H34O3/c1-6-16-8-7-11-21(4)18(9-10-19(16)21)14(2)12-17(22)13-15(3)20(23)24-5/h6,14,17-19,22H,3,7-13H2,1-2,4-5H3/b16-6+/t14-,17?,18-,19?,21-/m1/s1. The van der Waals surface area contributed by atoms with Crippen molar-refractivity contribution in [1.29, 1.82) is 0 Å². The molecule has 0 aromatic rings. The maximum absolute atomic E-state index is 11.5. The zero-order valence-corrected chi connectivity index (χ0v) is 15.8. The third kappa shape index (κ3) is 3.77. The second-order valence-electron chi connectivity index (χ2n) is 8.13. The molecule has 0 aromatic heterocycles. The molecule has 2 aliphatic carbocycles. The minimum Gasteiger partial charge on any atom is -0.466 e. The van der Waals surface area contributed by atoms with Gasteiger partial charge in [-0.15, -0.1) is 0 Å². The molecule has 0 spiro atoms. The first kappa shape index (κ1) is 19.2. The zero-order chi connectivity index (χ0) is 17.9. The number of carbonyl (C=O) groups is 1. The summed E-state index contributed by atoms with van der Waals surface area (Å²) in [6.07, 6.45) is 9.26. The molecule has 2 saturated carbocycles. The van der Waals surface area contributed by atoms with Crippen molar-refractivity contribution in [3.05, 3.63) is 23.8 Å². The van der Waals surface area contributed by atoms with Crippen LogP contribution >= 0.6 is 0 Å². The Bertz CT molecular complexity index is 507. The SMILES string of the molecule is C=C(CC(O)C[C@@H](C)[C@H]1CCC2/C(=C/C)CCC[C@@]21C)C(=O)OC. The first-order chi connectivity index (χ1) is 11.3. The number of rotatable bonds is 6. The molecule has 0 radical (unpaired) electrons. The molecule has 0 amide bonds. The Labute approximate surface area is 147 Å². The van der Waals surface area contributed by atoms with E-state index < -0.39 is 12.1 Å². The van der Waals surface area contributed by atoms with E-state index in [-0.39, 0.29) is 0 Å². The van der Waals surface area contributed by atoms with Gasteiger partial charge in [-0.3, -0.25) is 0 Å². The maximum atomic E-state index is 11.5. The van der Waals surface area contributed by atoms with Crippen molar-refractivity contribution in [1.82, 2.24) is 0 Å². The number of hydrogen-bond donors (Lipinski definition) is 1. The topological polar surface area (TPSA) is 46.5 Å². The third-order valence-electron chi connectivity index (χ3n) is 6.70. The van der Waals surface area contributed by atoms with Crippen LogP contribution in [0.5, 0.6) is 0 Å². The fourth-order valence-electron chi connectivity index (χ4n) is 5.55. The second-order valence-corrected chi connectivity index (χ2v) is 8.13. The lowest BCUT2D eigenvalue weighted by Gasteiger charge is -2.44. The predicted molar refractivity (Wildman–Crippen MR) is 97.5 cm³/mol. The largest absolute Gasteiger partial charge is 0.466 e. The van der Waals surface area contributed by atoms with Gasteiger partial charge >= 0.3 is 5.97 Å². The highest BCUT2D eigenvalue weighted by atomic mass is 16.5. The van der Waals surface area contributed by atoms with Crippen LogP contribution in [0.4, 0.5) is 0 Å². The van der Waals surface area contributed by atoms with E-state index in [2.05, 4.69) is 38.2 Å². The number of allylic oxidation sites excluding steroid dienone is 2. The lowest BCUT2D eigenvalue weighted by atomic mass is 9.60. The Kier molecular flexibility index (Phi) is 6.30. The second kappa shape index (κ2) is 7.86. The Balaban J connectivity index is 1.98. The lowest BCUT2D eigenvalue weighted by Crippen LogP contribution is -2.36. The molecule has 24 heavy (non-hydrogen) atoms. The van der Waals surface area contributed by atoms with Crippen LogP contribution in [0.2, 0.25) is 0 Å². The molecule has 3 heteroatoms. The van der Waals surface area contributed by atoms with Crippen molar-refractivity contribution in [2.24, 2.45) is 23.2 Å². The van der Waals surface area contributed by atoms with Crippen LogP contribution in [0.15, 0.2) is 23.8 Å². The summed E-state index contributed by atoms with van der Waals surface area (Å²) in [5, 5.41) is 10.4. The molecule has 0 aliphatic heterocycles. The third-order valence-corrected chi connectivity index (χ3v) is 6.70. The summed E-state index contributed by atoms with van der Waals surface area (Å²) in [6.45, 7) is 10.6. The van der Waals surface area contributed by atoms with Crippen molar-refractivity contribution in [2.75, 3.05) is 7.11 Å².